The fourth-order valence-electron chi connectivity index (χ4n) is 1.05. The van der Waals surface area contributed by atoms with Crippen LogP contribution in [-0.2, 0) is 14.3 Å². The van der Waals surface area contributed by atoms with Crippen molar-refractivity contribution >= 4 is 11.8 Å². The first-order valence-electron chi connectivity index (χ1n) is 4.83. The minimum absolute atomic E-state index is 0.0871. The number of aliphatic hydroxyl groups is 1. The highest BCUT2D eigenvalue weighted by Crippen LogP contribution is 2.05. The molecule has 0 aromatic carbocycles. The number of ketones is 1. The number of aliphatic hydroxyl groups excluding tert-OH is 1. The van der Waals surface area contributed by atoms with Crippen LogP contribution in [0, 0.1) is 0 Å². The van der Waals surface area contributed by atoms with Crippen molar-refractivity contribution in [2.24, 2.45) is 0 Å². The molecule has 4 nitrogen and oxygen atoms in total. The van der Waals surface area contributed by atoms with Gasteiger partial charge in [0.1, 0.15) is 5.78 Å². The third-order valence-electron chi connectivity index (χ3n) is 1.82. The lowest BCUT2D eigenvalue weighted by molar-refractivity contribution is -0.141. The summed E-state index contributed by atoms with van der Waals surface area (Å²) >= 11 is 0. The molecule has 0 aromatic heterocycles. The number of carbonyl (C=O) groups excluding carboxylic acids is 2. The van der Waals surface area contributed by atoms with Gasteiger partial charge < -0.3 is 14.6 Å². The van der Waals surface area contributed by atoms with Gasteiger partial charge in [-0.25, -0.2) is 0 Å². The van der Waals surface area contributed by atoms with Crippen LogP contribution in [0.4, 0.5) is 0 Å². The number of ether oxygens (including phenoxy) is 1. The summed E-state index contributed by atoms with van der Waals surface area (Å²) in [4.78, 5) is 21.0. The van der Waals surface area contributed by atoms with Crippen molar-refractivity contribution in [1.29, 1.82) is 0 Å². The zero-order valence-corrected chi connectivity index (χ0v) is 8.78. The monoisotopic (exact) mass is 202 g/mol. The highest BCUT2D eigenvalue weighted by molar-refractivity contribution is 5.75. The summed E-state index contributed by atoms with van der Waals surface area (Å²) in [5.41, 5.74) is 0. The van der Waals surface area contributed by atoms with Crippen LogP contribution in [0.2, 0.25) is 0 Å². The van der Waals surface area contributed by atoms with Crippen molar-refractivity contribution in [2.75, 3.05) is 6.61 Å². The summed E-state index contributed by atoms with van der Waals surface area (Å²) in [6.07, 6.45) is 1.65. The van der Waals surface area contributed by atoms with Gasteiger partial charge in [-0.2, -0.15) is 0 Å². The fraction of sp³-hybridized carbons (Fsp3) is 0.800. The number of hydrogen-bond acceptors (Lipinski definition) is 4. The first-order chi connectivity index (χ1) is 6.52. The second kappa shape index (κ2) is 7.50. The van der Waals surface area contributed by atoms with E-state index in [1.54, 1.807) is 0 Å². The van der Waals surface area contributed by atoms with E-state index in [0.29, 0.717) is 32.3 Å². The Balaban J connectivity index is 3.30. The second-order valence-electron chi connectivity index (χ2n) is 3.38. The lowest BCUT2D eigenvalue weighted by Gasteiger charge is -2.08. The van der Waals surface area contributed by atoms with Crippen LogP contribution in [0.15, 0.2) is 0 Å². The van der Waals surface area contributed by atoms with Crippen molar-refractivity contribution in [3.05, 3.63) is 0 Å². The van der Waals surface area contributed by atoms with E-state index in [0.717, 1.165) is 0 Å². The Bertz CT molecular complexity index is 189. The van der Waals surface area contributed by atoms with Crippen LogP contribution in [0.5, 0.6) is 0 Å². The molecule has 1 N–H and O–H groups in total. The van der Waals surface area contributed by atoms with Gasteiger partial charge in [0.05, 0.1) is 12.7 Å². The van der Waals surface area contributed by atoms with E-state index in [9.17, 15) is 14.7 Å². The van der Waals surface area contributed by atoms with Gasteiger partial charge in [0, 0.05) is 13.3 Å². The van der Waals surface area contributed by atoms with E-state index < -0.39 is 6.10 Å². The molecule has 0 saturated carbocycles. The lowest BCUT2D eigenvalue weighted by atomic mass is 10.1. The summed E-state index contributed by atoms with van der Waals surface area (Å²) in [6.45, 7) is 3.20. The molecule has 0 fully saturated rings. The normalized spacial score (nSPS) is 12.2. The van der Waals surface area contributed by atoms with Crippen LogP contribution in [0.3, 0.4) is 0 Å². The predicted octanol–water partition coefficient (Wildman–Crippen LogP) is 1.06. The molecule has 0 aliphatic rings. The molecule has 0 bridgehead atoms. The van der Waals surface area contributed by atoms with Gasteiger partial charge >= 0.3 is 5.97 Å². The molecule has 0 saturated heterocycles. The van der Waals surface area contributed by atoms with Gasteiger partial charge in [0.15, 0.2) is 0 Å². The maximum absolute atomic E-state index is 10.6. The van der Waals surface area contributed by atoms with Crippen LogP contribution >= 0.6 is 0 Å². The Morgan fingerprint density at radius 1 is 1.29 bits per heavy atom. The zero-order valence-electron chi connectivity index (χ0n) is 8.78. The summed E-state index contributed by atoms with van der Waals surface area (Å²) in [5.74, 6) is -0.215. The maximum atomic E-state index is 10.6. The minimum atomic E-state index is -0.463. The molecule has 0 rings (SSSR count). The van der Waals surface area contributed by atoms with Crippen molar-refractivity contribution in [2.45, 2.75) is 45.6 Å². The Labute approximate surface area is 84.3 Å². The molecule has 0 amide bonds. The molecule has 0 aliphatic heterocycles. The first kappa shape index (κ1) is 13.1. The van der Waals surface area contributed by atoms with E-state index in [-0.39, 0.29) is 11.8 Å². The average molecular weight is 202 g/mol. The molecular formula is C10H18O4. The van der Waals surface area contributed by atoms with E-state index >= 15 is 0 Å². The van der Waals surface area contributed by atoms with Gasteiger partial charge in [-0.1, -0.05) is 0 Å². The maximum Gasteiger partial charge on any atom is 0.302 e. The Hall–Kier alpha value is -0.900. The van der Waals surface area contributed by atoms with Crippen molar-refractivity contribution < 1.29 is 19.4 Å². The topological polar surface area (TPSA) is 63.6 Å². The summed E-state index contributed by atoms with van der Waals surface area (Å²) in [5, 5.41) is 9.37. The predicted molar refractivity (Wildman–Crippen MR) is 51.8 cm³/mol. The largest absolute Gasteiger partial charge is 0.466 e. The van der Waals surface area contributed by atoms with E-state index in [1.807, 2.05) is 0 Å². The van der Waals surface area contributed by atoms with Crippen LogP contribution < -0.4 is 0 Å². The van der Waals surface area contributed by atoms with Gasteiger partial charge in [0.2, 0.25) is 0 Å². The second-order valence-corrected chi connectivity index (χ2v) is 3.38. The molecular weight excluding hydrogens is 184 g/mol. The lowest BCUT2D eigenvalue weighted by Crippen LogP contribution is -2.10. The molecule has 1 atom stereocenters. The Morgan fingerprint density at radius 2 is 1.93 bits per heavy atom. The third kappa shape index (κ3) is 9.19. The number of rotatable bonds is 7. The third-order valence-corrected chi connectivity index (χ3v) is 1.82. The quantitative estimate of drug-likeness (QED) is 0.495. The van der Waals surface area contributed by atoms with Gasteiger partial charge in [-0.05, 0) is 26.2 Å². The van der Waals surface area contributed by atoms with Crippen molar-refractivity contribution in [1.82, 2.24) is 0 Å². The van der Waals surface area contributed by atoms with Crippen LogP contribution in [-0.4, -0.2) is 29.6 Å². The number of Topliss-reactive ketones (excluding diaryl/α,β-unsaturated/α-hetero) is 1. The zero-order chi connectivity index (χ0) is 11.0. The van der Waals surface area contributed by atoms with E-state index in [4.69, 9.17) is 4.74 Å². The molecule has 82 valence electrons. The standard InChI is InChI=1S/C10H18O4/c1-8(11)5-6-10(13)4-3-7-14-9(2)12/h10,13H,3-7H2,1-2H3. The van der Waals surface area contributed by atoms with Gasteiger partial charge in [-0.3, -0.25) is 4.79 Å². The highest BCUT2D eigenvalue weighted by Gasteiger charge is 2.05. The first-order valence-corrected chi connectivity index (χ1v) is 4.83. The SMILES string of the molecule is CC(=O)CCC(O)CCCOC(C)=O. The van der Waals surface area contributed by atoms with Crippen LogP contribution in [0.25, 0.3) is 0 Å². The Morgan fingerprint density at radius 3 is 2.43 bits per heavy atom. The van der Waals surface area contributed by atoms with Crippen LogP contribution in [0.1, 0.15) is 39.5 Å². The summed E-state index contributed by atoms with van der Waals surface area (Å²) < 4.78 is 4.70. The van der Waals surface area contributed by atoms with Crippen molar-refractivity contribution in [3.63, 3.8) is 0 Å². The van der Waals surface area contributed by atoms with Gasteiger partial charge in [-0.15, -0.1) is 0 Å². The number of esters is 1. The molecule has 0 aliphatic carbocycles. The molecule has 1 unspecified atom stereocenters. The molecule has 0 aromatic rings. The van der Waals surface area contributed by atoms with E-state index in [1.165, 1.54) is 13.8 Å². The molecule has 0 spiro atoms. The molecule has 4 heteroatoms. The molecule has 0 radical (unpaired) electrons. The number of hydrogen-bond donors (Lipinski definition) is 1. The fourth-order valence-corrected chi connectivity index (χ4v) is 1.05. The van der Waals surface area contributed by atoms with Crippen molar-refractivity contribution in [3.8, 4) is 0 Å². The van der Waals surface area contributed by atoms with E-state index in [2.05, 4.69) is 0 Å². The molecule has 14 heavy (non-hydrogen) atoms. The smallest absolute Gasteiger partial charge is 0.302 e. The highest BCUT2D eigenvalue weighted by atomic mass is 16.5. The Kier molecular flexibility index (Phi) is 7.02. The number of carbonyl (C=O) groups is 2. The molecule has 0 heterocycles. The van der Waals surface area contributed by atoms with Gasteiger partial charge in [0.25, 0.3) is 0 Å². The summed E-state index contributed by atoms with van der Waals surface area (Å²) in [7, 11) is 0. The average Bonchev–Trinajstić information content (AvgIpc) is 2.08. The summed E-state index contributed by atoms with van der Waals surface area (Å²) in [6, 6.07) is 0. The minimum Gasteiger partial charge on any atom is -0.466 e.